The Morgan fingerprint density at radius 1 is 0.600 bits per heavy atom. The van der Waals surface area contributed by atoms with Gasteiger partial charge in [-0.1, -0.05) is 0 Å². The molecule has 1 spiro atoms. The Labute approximate surface area is 261 Å². The van der Waals surface area contributed by atoms with Gasteiger partial charge in [0.15, 0.2) is 0 Å². The minimum absolute atomic E-state index is 0.239. The molecule has 45 heavy (non-hydrogen) atoms. The van der Waals surface area contributed by atoms with E-state index in [2.05, 4.69) is 154 Å². The molecule has 10 fully saturated rings. The van der Waals surface area contributed by atoms with Crippen molar-refractivity contribution in [1.29, 1.82) is 0 Å². The monoisotopic (exact) mass is 667 g/mol. The summed E-state index contributed by atoms with van der Waals surface area (Å²) in [5.74, 6) is 0. The van der Waals surface area contributed by atoms with Gasteiger partial charge in [0.25, 0.3) is 0 Å². The van der Waals surface area contributed by atoms with Crippen LogP contribution in [-0.4, -0.2) is 21.3 Å². The first-order valence-corrected chi connectivity index (χ1v) is 26.2. The van der Waals surface area contributed by atoms with Crippen molar-refractivity contribution in [2.75, 3.05) is 6.54 Å². The van der Waals surface area contributed by atoms with Crippen LogP contribution in [0.5, 0.6) is 0 Å². The van der Waals surface area contributed by atoms with E-state index in [9.17, 15) is 0 Å². The molecule has 4 aromatic carbocycles. The van der Waals surface area contributed by atoms with Crippen molar-refractivity contribution < 1.29 is 6.51 Å². The van der Waals surface area contributed by atoms with Crippen molar-refractivity contribution in [2.45, 2.75) is 80.6 Å². The Bertz CT molecular complexity index is 2260. The van der Waals surface area contributed by atoms with Gasteiger partial charge in [0.1, 0.15) is 0 Å². The van der Waals surface area contributed by atoms with Crippen LogP contribution in [-0.2, 0) is 6.51 Å². The summed E-state index contributed by atoms with van der Waals surface area (Å²) in [4.78, 5) is 10.0. The molecular weight excluding hydrogens is 624 g/mol. The molecule has 10 aliphatic heterocycles. The molecule has 6 atom stereocenters. The molecule has 0 radical (unpaired) electrons. The van der Waals surface area contributed by atoms with Crippen LogP contribution in [0.25, 0.3) is 0 Å². The number of benzene rings is 4. The van der Waals surface area contributed by atoms with Gasteiger partial charge in [-0.15, -0.1) is 0 Å². The molecule has 10 heterocycles. The van der Waals surface area contributed by atoms with Crippen LogP contribution < -0.4 is 21.2 Å². The van der Waals surface area contributed by atoms with Gasteiger partial charge in [-0.3, -0.25) is 0 Å². The van der Waals surface area contributed by atoms with Crippen molar-refractivity contribution in [3.05, 3.63) is 121 Å². The van der Waals surface area contributed by atoms with Crippen LogP contribution in [0.4, 0.5) is 0 Å². The molecule has 10 saturated heterocycles. The number of hydrogen-bond acceptors (Lipinski definition) is 1. The first kappa shape index (κ1) is 24.4. The summed E-state index contributed by atoms with van der Waals surface area (Å²) in [6.07, 6.45) is 0. The van der Waals surface area contributed by atoms with Crippen molar-refractivity contribution >= 4 is 37.2 Å². The summed E-state index contributed by atoms with van der Waals surface area (Å²) in [5, 5.41) is 6.52. The molecule has 0 amide bonds. The fourth-order valence-electron chi connectivity index (χ4n) is 22.8. The number of nitrogens with zero attached hydrogens (tertiary/aromatic N) is 1. The third-order valence-electron chi connectivity index (χ3n) is 21.2. The van der Waals surface area contributed by atoms with Crippen molar-refractivity contribution in [2.24, 2.45) is 5.41 Å². The second kappa shape index (κ2) is 4.23. The topological polar surface area (TPSA) is 3.24 Å². The third-order valence-corrected chi connectivity index (χ3v) is 74.0. The molecule has 0 bridgehead atoms. The van der Waals surface area contributed by atoms with E-state index in [1.54, 1.807) is 21.2 Å². The zero-order valence-corrected chi connectivity index (χ0v) is 29.5. The summed E-state index contributed by atoms with van der Waals surface area (Å²) >= 11 is 0. The molecule has 4 aromatic rings. The van der Waals surface area contributed by atoms with Crippen molar-refractivity contribution in [3.8, 4) is 0 Å². The van der Waals surface area contributed by atoms with Gasteiger partial charge in [0.05, 0.1) is 0 Å². The van der Waals surface area contributed by atoms with Crippen LogP contribution in [0.1, 0.15) is 27.7 Å². The average molecular weight is 668 g/mol. The predicted molar refractivity (Wildman–Crippen MR) is 189 cm³/mol. The van der Waals surface area contributed by atoms with E-state index in [-0.39, 0.29) is 13.3 Å². The molecule has 230 valence electrons. The van der Waals surface area contributed by atoms with E-state index in [0.717, 1.165) is 0 Å². The molecule has 0 aromatic heterocycles. The van der Waals surface area contributed by atoms with Crippen LogP contribution in [0.3, 0.4) is 0 Å². The SMILES string of the molecule is C[C@@H](N(CC(C)(C)C)P(c1ccccc1)c1ccccc1)[C@@]12[CH]3[CH]4[CH]5[C]1(P(c1ccccc1)c1ccccc1)[Fe]45321678[CH]2[CH]1[CH]6[CH]7[CH]28. The number of hydrogen-bond donors (Lipinski definition) is 0. The van der Waals surface area contributed by atoms with Gasteiger partial charge >= 0.3 is 262 Å². The van der Waals surface area contributed by atoms with E-state index < -0.39 is 14.6 Å². The fraction of sp³-hybridized carbons (Fsp3) is 0.415. The number of fused-ring (bicyclic) bond motifs is 10. The standard InChI is InChI=1S/C36H38NP2.C5H5.Fe/c1-29(34-26-17-27-35(34)38(30-18-9-5-10-19-30)31-20-11-6-12-21-31)37(28-36(2,3)4)39(32-22-13-7-14-23-32)33-24-15-8-16-25-33;1-2-4-5-3-1;/h5-27,29H,28H2,1-4H3;1-5H;/t29-;;/m1../s1. The fourth-order valence-corrected chi connectivity index (χ4v) is 118. The minimum atomic E-state index is -3.93. The van der Waals surface area contributed by atoms with Crippen LogP contribution in [0, 0.1) is 5.41 Å². The Morgan fingerprint density at radius 3 is 1.36 bits per heavy atom. The zero-order chi connectivity index (χ0) is 29.9. The first-order valence-electron chi connectivity index (χ1n) is 17.4. The van der Waals surface area contributed by atoms with Gasteiger partial charge < -0.3 is 0 Å². The van der Waals surface area contributed by atoms with Crippen molar-refractivity contribution in [3.63, 3.8) is 0 Å². The van der Waals surface area contributed by atoms with Crippen LogP contribution in [0.2, 0.25) is 42.8 Å². The second-order valence-corrected chi connectivity index (χ2v) is 47.8. The Hall–Kier alpha value is -1.78. The van der Waals surface area contributed by atoms with Crippen LogP contribution >= 0.6 is 16.0 Å². The van der Waals surface area contributed by atoms with E-state index in [4.69, 9.17) is 0 Å². The zero-order valence-electron chi connectivity index (χ0n) is 26.6. The van der Waals surface area contributed by atoms with E-state index in [1.165, 1.54) is 45.1 Å². The summed E-state index contributed by atoms with van der Waals surface area (Å²) in [7, 11) is -0.975. The van der Waals surface area contributed by atoms with Crippen molar-refractivity contribution in [1.82, 2.24) is 4.67 Å². The van der Waals surface area contributed by atoms with E-state index in [1.807, 2.05) is 0 Å². The maximum absolute atomic E-state index is 3.93. The Kier molecular flexibility index (Phi) is 2.29. The molecule has 0 aliphatic carbocycles. The molecule has 10 aliphatic rings. The molecule has 0 N–H and O–H groups in total. The molecular formula is C41H43FeNP2. The molecule has 4 heteroatoms. The maximum atomic E-state index is 3.20. The van der Waals surface area contributed by atoms with Crippen LogP contribution in [0.15, 0.2) is 121 Å². The third kappa shape index (κ3) is 0.768. The normalized spacial score (nSPS) is 55.3. The predicted octanol–water partition coefficient (Wildman–Crippen LogP) is 9.57. The number of rotatable bonds is 9. The molecule has 1 nitrogen and oxygen atoms in total. The molecule has 0 saturated carbocycles. The van der Waals surface area contributed by atoms with Gasteiger partial charge in [-0.25, -0.2) is 0 Å². The summed E-state index contributed by atoms with van der Waals surface area (Å²) in [6, 6.07) is 48.4. The second-order valence-electron chi connectivity index (χ2n) is 19.6. The van der Waals surface area contributed by atoms with E-state index >= 15 is 0 Å². The molecule has 4 unspecified atom stereocenters. The molecule has 14 rings (SSSR count). The Balaban J connectivity index is 1.05. The summed E-state index contributed by atoms with van der Waals surface area (Å²) < 4.78 is 4.58. The van der Waals surface area contributed by atoms with Gasteiger partial charge in [0, 0.05) is 0 Å². The average Bonchev–Trinajstić information content (AvgIpc) is 4.01. The first-order chi connectivity index (χ1) is 21.6. The quantitative estimate of drug-likeness (QED) is 0.127. The van der Waals surface area contributed by atoms with Gasteiger partial charge in [0.2, 0.25) is 0 Å². The van der Waals surface area contributed by atoms with E-state index in [0.29, 0.717) is 14.4 Å². The Morgan fingerprint density at radius 2 is 1.00 bits per heavy atom. The summed E-state index contributed by atoms with van der Waals surface area (Å²) in [6.45, 7) is 7.60. The van der Waals surface area contributed by atoms with Gasteiger partial charge in [-0.2, -0.15) is 0 Å². The van der Waals surface area contributed by atoms with Gasteiger partial charge in [-0.05, 0) is 0 Å². The summed E-state index contributed by atoms with van der Waals surface area (Å²) in [5.41, 5.74) is 0.239.